The van der Waals surface area contributed by atoms with Crippen LogP contribution < -0.4 is 5.48 Å². The topological polar surface area (TPSA) is 52.5 Å². The maximum Gasteiger partial charge on any atom is 0.0777 e. The average molecular weight is 185 g/mol. The first-order valence-corrected chi connectivity index (χ1v) is 5.03. The average Bonchev–Trinajstić information content (AvgIpc) is 2.36. The van der Waals surface area contributed by atoms with Crippen molar-refractivity contribution < 1.29 is 10.3 Å². The predicted molar refractivity (Wildman–Crippen MR) is 49.3 cm³/mol. The zero-order valence-electron chi connectivity index (χ0n) is 8.54. The van der Waals surface area contributed by atoms with Crippen molar-refractivity contribution in [1.82, 2.24) is 5.48 Å². The van der Waals surface area contributed by atoms with Crippen molar-refractivity contribution >= 4 is 0 Å². The number of hydrogen-bond acceptors (Lipinski definition) is 3. The number of aliphatic hydroxyl groups is 1. The summed E-state index contributed by atoms with van der Waals surface area (Å²) in [5.74, 6) is 0.400. The van der Waals surface area contributed by atoms with Crippen LogP contribution in [0.25, 0.3) is 0 Å². The van der Waals surface area contributed by atoms with Crippen molar-refractivity contribution in [2.45, 2.75) is 45.8 Å². The summed E-state index contributed by atoms with van der Waals surface area (Å²) < 4.78 is 0. The van der Waals surface area contributed by atoms with Gasteiger partial charge in [-0.2, -0.15) is 5.48 Å². The first kappa shape index (κ1) is 9.44. The SMILES string of the molecule is CC1(C)[C@H]2CC[C@@]1(C)[C@@H](O)[C@H]2NO. The molecule has 2 aliphatic rings. The lowest BCUT2D eigenvalue weighted by Gasteiger charge is -2.36. The fourth-order valence-corrected chi connectivity index (χ4v) is 3.50. The van der Waals surface area contributed by atoms with Gasteiger partial charge in [-0.3, -0.25) is 0 Å². The van der Waals surface area contributed by atoms with Crippen LogP contribution in [0.1, 0.15) is 33.6 Å². The lowest BCUT2D eigenvalue weighted by molar-refractivity contribution is -0.0284. The van der Waals surface area contributed by atoms with E-state index in [1.165, 1.54) is 0 Å². The van der Waals surface area contributed by atoms with Crippen LogP contribution >= 0.6 is 0 Å². The number of fused-ring (bicyclic) bond motifs is 2. The Balaban J connectivity index is 2.39. The Labute approximate surface area is 79.1 Å². The van der Waals surface area contributed by atoms with E-state index in [1.54, 1.807) is 0 Å². The zero-order chi connectivity index (χ0) is 9.85. The summed E-state index contributed by atoms with van der Waals surface area (Å²) in [5, 5.41) is 19.0. The van der Waals surface area contributed by atoms with Gasteiger partial charge in [0.15, 0.2) is 0 Å². The van der Waals surface area contributed by atoms with Crippen molar-refractivity contribution in [3.63, 3.8) is 0 Å². The van der Waals surface area contributed by atoms with Crippen LogP contribution in [0.4, 0.5) is 0 Å². The van der Waals surface area contributed by atoms with Crippen LogP contribution in [0, 0.1) is 16.7 Å². The van der Waals surface area contributed by atoms with Crippen LogP contribution in [0.2, 0.25) is 0 Å². The highest BCUT2D eigenvalue weighted by Crippen LogP contribution is 2.65. The Morgan fingerprint density at radius 3 is 2.23 bits per heavy atom. The molecule has 2 fully saturated rings. The summed E-state index contributed by atoms with van der Waals surface area (Å²) in [5.41, 5.74) is 2.38. The molecular weight excluding hydrogens is 166 g/mol. The summed E-state index contributed by atoms with van der Waals surface area (Å²) in [6.07, 6.45) is 1.77. The molecule has 0 heterocycles. The molecule has 2 saturated carbocycles. The lowest BCUT2D eigenvalue weighted by atomic mass is 9.70. The van der Waals surface area contributed by atoms with Gasteiger partial charge in [0, 0.05) is 5.41 Å². The highest BCUT2D eigenvalue weighted by Gasteiger charge is 2.65. The second-order valence-corrected chi connectivity index (χ2v) is 5.38. The molecule has 0 unspecified atom stereocenters. The third kappa shape index (κ3) is 0.853. The summed E-state index contributed by atoms with van der Waals surface area (Å²) in [6.45, 7) is 6.53. The van der Waals surface area contributed by atoms with Crippen LogP contribution in [0.3, 0.4) is 0 Å². The van der Waals surface area contributed by atoms with Crippen LogP contribution in [0.5, 0.6) is 0 Å². The third-order valence-electron chi connectivity index (χ3n) is 4.95. The molecule has 2 aliphatic carbocycles. The Hall–Kier alpha value is -0.120. The Morgan fingerprint density at radius 1 is 1.31 bits per heavy atom. The quantitative estimate of drug-likeness (QED) is 0.537. The molecule has 0 aromatic carbocycles. The van der Waals surface area contributed by atoms with Gasteiger partial charge in [-0.25, -0.2) is 0 Å². The van der Waals surface area contributed by atoms with Gasteiger partial charge in [0.2, 0.25) is 0 Å². The largest absolute Gasteiger partial charge is 0.391 e. The summed E-state index contributed by atoms with van der Waals surface area (Å²) in [7, 11) is 0. The maximum absolute atomic E-state index is 10.1. The van der Waals surface area contributed by atoms with Gasteiger partial charge in [0.05, 0.1) is 12.1 Å². The van der Waals surface area contributed by atoms with Crippen LogP contribution in [0.15, 0.2) is 0 Å². The van der Waals surface area contributed by atoms with Gasteiger partial charge in [0.25, 0.3) is 0 Å². The van der Waals surface area contributed by atoms with Gasteiger partial charge >= 0.3 is 0 Å². The van der Waals surface area contributed by atoms with E-state index in [1.807, 2.05) is 0 Å². The third-order valence-corrected chi connectivity index (χ3v) is 4.95. The van der Waals surface area contributed by atoms with Crippen LogP contribution in [-0.2, 0) is 0 Å². The van der Waals surface area contributed by atoms with E-state index in [0.717, 1.165) is 12.8 Å². The van der Waals surface area contributed by atoms with Crippen LogP contribution in [-0.4, -0.2) is 22.5 Å². The molecule has 0 aromatic heterocycles. The predicted octanol–water partition coefficient (Wildman–Crippen LogP) is 1.15. The molecule has 0 spiro atoms. The maximum atomic E-state index is 10.1. The molecule has 0 saturated heterocycles. The Bertz CT molecular complexity index is 229. The van der Waals surface area contributed by atoms with Gasteiger partial charge in [-0.1, -0.05) is 20.8 Å². The van der Waals surface area contributed by atoms with Gasteiger partial charge < -0.3 is 10.3 Å². The number of hydroxylamine groups is 1. The fourth-order valence-electron chi connectivity index (χ4n) is 3.50. The Kier molecular flexibility index (Phi) is 1.79. The normalized spacial score (nSPS) is 52.8. The smallest absolute Gasteiger partial charge is 0.0777 e. The fraction of sp³-hybridized carbons (Fsp3) is 1.00. The number of aliphatic hydroxyl groups excluding tert-OH is 1. The minimum Gasteiger partial charge on any atom is -0.391 e. The minimum absolute atomic E-state index is 0.0297. The van der Waals surface area contributed by atoms with Gasteiger partial charge in [-0.15, -0.1) is 0 Å². The van der Waals surface area contributed by atoms with E-state index in [0.29, 0.717) is 5.92 Å². The molecule has 2 bridgehead atoms. The van der Waals surface area contributed by atoms with Crippen molar-refractivity contribution in [2.75, 3.05) is 0 Å². The van der Waals surface area contributed by atoms with Crippen molar-refractivity contribution in [3.05, 3.63) is 0 Å². The number of rotatable bonds is 1. The molecule has 2 rings (SSSR count). The first-order chi connectivity index (χ1) is 5.95. The first-order valence-electron chi connectivity index (χ1n) is 5.03. The molecule has 0 aliphatic heterocycles. The van der Waals surface area contributed by atoms with Crippen molar-refractivity contribution in [2.24, 2.45) is 16.7 Å². The molecule has 4 atom stereocenters. The zero-order valence-corrected chi connectivity index (χ0v) is 8.54. The molecule has 3 heteroatoms. The van der Waals surface area contributed by atoms with E-state index >= 15 is 0 Å². The highest BCUT2D eigenvalue weighted by atomic mass is 16.5. The number of hydrogen-bond donors (Lipinski definition) is 3. The van der Waals surface area contributed by atoms with Gasteiger partial charge in [-0.05, 0) is 24.2 Å². The summed E-state index contributed by atoms with van der Waals surface area (Å²) in [6, 6.07) is -0.131. The van der Waals surface area contributed by atoms with Crippen molar-refractivity contribution in [1.29, 1.82) is 0 Å². The molecule has 76 valence electrons. The molecule has 3 nitrogen and oxygen atoms in total. The molecule has 13 heavy (non-hydrogen) atoms. The van der Waals surface area contributed by atoms with E-state index in [4.69, 9.17) is 5.21 Å². The minimum atomic E-state index is -0.411. The van der Waals surface area contributed by atoms with E-state index < -0.39 is 6.10 Å². The van der Waals surface area contributed by atoms with Crippen molar-refractivity contribution in [3.8, 4) is 0 Å². The van der Waals surface area contributed by atoms with E-state index in [2.05, 4.69) is 26.3 Å². The Morgan fingerprint density at radius 2 is 1.92 bits per heavy atom. The molecule has 3 N–H and O–H groups in total. The summed E-state index contributed by atoms with van der Waals surface area (Å²) >= 11 is 0. The highest BCUT2D eigenvalue weighted by molar-refractivity contribution is 5.16. The van der Waals surface area contributed by atoms with Gasteiger partial charge in [0.1, 0.15) is 0 Å². The molecule has 0 amide bonds. The van der Waals surface area contributed by atoms with E-state index in [9.17, 15) is 5.11 Å². The molecule has 0 radical (unpaired) electrons. The second kappa shape index (κ2) is 2.47. The standard InChI is InChI=1S/C10H19NO2/c1-9(2)6-4-5-10(9,3)8(12)7(6)11-13/h6-8,11-13H,4-5H2,1-3H3/t6-,7-,8-,10-/m0/s1. The van der Waals surface area contributed by atoms with E-state index in [-0.39, 0.29) is 16.9 Å². The number of nitrogens with one attached hydrogen (secondary N) is 1. The summed E-state index contributed by atoms with van der Waals surface area (Å²) in [4.78, 5) is 0. The second-order valence-electron chi connectivity index (χ2n) is 5.38. The molecular formula is C10H19NO2. The molecule has 0 aromatic rings. The monoisotopic (exact) mass is 185 g/mol. The lowest BCUT2D eigenvalue weighted by Crippen LogP contribution is -2.45.